The summed E-state index contributed by atoms with van der Waals surface area (Å²) in [6.45, 7) is 3.01. The summed E-state index contributed by atoms with van der Waals surface area (Å²) >= 11 is 1.39. The number of aryl methyl sites for hydroxylation is 1. The van der Waals surface area contributed by atoms with Crippen molar-refractivity contribution < 1.29 is 4.79 Å². The van der Waals surface area contributed by atoms with E-state index < -0.39 is 0 Å². The molecule has 2 unspecified atom stereocenters. The van der Waals surface area contributed by atoms with Gasteiger partial charge in [-0.25, -0.2) is 0 Å². The first-order chi connectivity index (χ1) is 13.2. The van der Waals surface area contributed by atoms with E-state index in [2.05, 4.69) is 45.1 Å². The van der Waals surface area contributed by atoms with Crippen LogP contribution in [0.15, 0.2) is 36.4 Å². The Bertz CT molecular complexity index is 1020. The van der Waals surface area contributed by atoms with Gasteiger partial charge in [-0.15, -0.1) is 35.0 Å². The highest BCUT2D eigenvalue weighted by Crippen LogP contribution is 2.44. The summed E-state index contributed by atoms with van der Waals surface area (Å²) < 4.78 is 0. The molecule has 29 heavy (non-hydrogen) atoms. The molecule has 0 spiro atoms. The molecule has 2 aliphatic rings. The maximum Gasteiger partial charge on any atom is 0.257 e. The molecule has 2 N–H and O–H groups in total. The standard InChI is InChI=1S/C21H22N4OS.2ClH/c1-12-24-25-21(27-12)23-20(26)15-8-14-4-2-3-5-16(14)17(9-15)18-10-19(18)22-11-13-6-7-13;;/h2-5,8-9,13,18-19,22H,6-7,10-11H2,1H3,(H,23,25,26);2*1H. The highest BCUT2D eigenvalue weighted by Gasteiger charge is 2.40. The Labute approximate surface area is 186 Å². The number of rotatable bonds is 6. The van der Waals surface area contributed by atoms with E-state index in [1.165, 1.54) is 35.1 Å². The molecule has 0 bridgehead atoms. The van der Waals surface area contributed by atoms with Crippen LogP contribution in [0.5, 0.6) is 0 Å². The Balaban J connectivity index is 0.00000120. The van der Waals surface area contributed by atoms with Gasteiger partial charge in [0.05, 0.1) is 0 Å². The number of hydrogen-bond acceptors (Lipinski definition) is 5. The highest BCUT2D eigenvalue weighted by atomic mass is 35.5. The summed E-state index contributed by atoms with van der Waals surface area (Å²) in [4.78, 5) is 12.8. The van der Waals surface area contributed by atoms with Crippen LogP contribution < -0.4 is 10.6 Å². The van der Waals surface area contributed by atoms with Gasteiger partial charge in [-0.05, 0) is 67.1 Å². The van der Waals surface area contributed by atoms with Crippen molar-refractivity contribution in [2.45, 2.75) is 38.1 Å². The first-order valence-corrected chi connectivity index (χ1v) is 10.4. The monoisotopic (exact) mass is 450 g/mol. The van der Waals surface area contributed by atoms with E-state index in [-0.39, 0.29) is 30.7 Å². The van der Waals surface area contributed by atoms with Crippen molar-refractivity contribution in [3.05, 3.63) is 52.5 Å². The second kappa shape index (κ2) is 8.96. The molecular weight excluding hydrogens is 427 g/mol. The van der Waals surface area contributed by atoms with Crippen LogP contribution in [0.3, 0.4) is 0 Å². The van der Waals surface area contributed by atoms with Crippen LogP contribution in [0.1, 0.15) is 46.1 Å². The van der Waals surface area contributed by atoms with Crippen molar-refractivity contribution in [3.63, 3.8) is 0 Å². The first-order valence-electron chi connectivity index (χ1n) is 9.55. The normalized spacial score (nSPS) is 19.9. The topological polar surface area (TPSA) is 66.9 Å². The fourth-order valence-electron chi connectivity index (χ4n) is 3.70. The molecule has 0 saturated heterocycles. The van der Waals surface area contributed by atoms with E-state index in [4.69, 9.17) is 0 Å². The van der Waals surface area contributed by atoms with Gasteiger partial charge in [0.1, 0.15) is 5.01 Å². The lowest BCUT2D eigenvalue weighted by Gasteiger charge is -2.11. The molecule has 2 fully saturated rings. The smallest absolute Gasteiger partial charge is 0.257 e. The molecule has 3 aromatic rings. The molecular formula is C21H24Cl2N4OS. The molecule has 0 aliphatic heterocycles. The maximum absolute atomic E-state index is 12.8. The lowest BCUT2D eigenvalue weighted by atomic mass is 9.97. The van der Waals surface area contributed by atoms with Crippen LogP contribution in [0, 0.1) is 12.8 Å². The van der Waals surface area contributed by atoms with Crippen LogP contribution in [0.2, 0.25) is 0 Å². The van der Waals surface area contributed by atoms with E-state index in [0.717, 1.165) is 29.3 Å². The third kappa shape index (κ3) is 4.89. The SMILES string of the molecule is Cc1nnc(NC(=O)c2cc(C3CC3NCC3CC3)c3ccccc3c2)s1.Cl.Cl. The molecule has 2 aromatic carbocycles. The zero-order chi connectivity index (χ0) is 18.4. The third-order valence-corrected chi connectivity index (χ3v) is 6.21. The van der Waals surface area contributed by atoms with E-state index >= 15 is 0 Å². The average Bonchev–Trinajstić information content (AvgIpc) is 3.58. The summed E-state index contributed by atoms with van der Waals surface area (Å²) in [5.74, 6) is 1.25. The van der Waals surface area contributed by atoms with E-state index in [9.17, 15) is 4.79 Å². The average molecular weight is 451 g/mol. The quantitative estimate of drug-likeness (QED) is 0.557. The number of carbonyl (C=O) groups excluding carboxylic acids is 1. The molecule has 2 atom stereocenters. The second-order valence-corrected chi connectivity index (χ2v) is 8.85. The van der Waals surface area contributed by atoms with Gasteiger partial charge in [0, 0.05) is 17.5 Å². The Kier molecular flexibility index (Phi) is 6.79. The van der Waals surface area contributed by atoms with Crippen molar-refractivity contribution in [3.8, 4) is 0 Å². The lowest BCUT2D eigenvalue weighted by Crippen LogP contribution is -2.20. The minimum Gasteiger partial charge on any atom is -0.313 e. The summed E-state index contributed by atoms with van der Waals surface area (Å²) in [5.41, 5.74) is 1.96. The van der Waals surface area contributed by atoms with E-state index in [1.807, 2.05) is 19.1 Å². The predicted molar refractivity (Wildman–Crippen MR) is 123 cm³/mol. The Morgan fingerprint density at radius 2 is 1.97 bits per heavy atom. The number of fused-ring (bicyclic) bond motifs is 1. The zero-order valence-corrected chi connectivity index (χ0v) is 18.5. The lowest BCUT2D eigenvalue weighted by molar-refractivity contribution is 0.102. The molecule has 154 valence electrons. The predicted octanol–water partition coefficient (Wildman–Crippen LogP) is 4.95. The largest absolute Gasteiger partial charge is 0.313 e. The van der Waals surface area contributed by atoms with Crippen molar-refractivity contribution in [2.24, 2.45) is 5.92 Å². The number of carbonyl (C=O) groups is 1. The molecule has 5 rings (SSSR count). The summed E-state index contributed by atoms with van der Waals surface area (Å²) in [6.07, 6.45) is 3.89. The van der Waals surface area contributed by atoms with Crippen molar-refractivity contribution in [1.29, 1.82) is 0 Å². The maximum atomic E-state index is 12.8. The van der Waals surface area contributed by atoms with Gasteiger partial charge in [0.25, 0.3) is 5.91 Å². The molecule has 1 heterocycles. The van der Waals surface area contributed by atoms with Crippen LogP contribution in [-0.4, -0.2) is 28.7 Å². The van der Waals surface area contributed by atoms with Crippen LogP contribution >= 0.6 is 36.2 Å². The van der Waals surface area contributed by atoms with Crippen LogP contribution in [0.25, 0.3) is 10.8 Å². The minimum absolute atomic E-state index is 0. The Morgan fingerprint density at radius 1 is 1.17 bits per heavy atom. The van der Waals surface area contributed by atoms with E-state index in [0.29, 0.717) is 22.7 Å². The second-order valence-electron chi connectivity index (χ2n) is 7.67. The van der Waals surface area contributed by atoms with Gasteiger partial charge in [0.2, 0.25) is 5.13 Å². The highest BCUT2D eigenvalue weighted by molar-refractivity contribution is 7.15. The zero-order valence-electron chi connectivity index (χ0n) is 16.1. The number of anilines is 1. The van der Waals surface area contributed by atoms with E-state index in [1.54, 1.807) is 0 Å². The number of aromatic nitrogens is 2. The van der Waals surface area contributed by atoms with Gasteiger partial charge in [-0.1, -0.05) is 35.6 Å². The Hall–Kier alpha value is -1.73. The first kappa shape index (κ1) is 22.0. The van der Waals surface area contributed by atoms with Crippen LogP contribution in [0.4, 0.5) is 5.13 Å². The number of halogens is 2. The van der Waals surface area contributed by atoms with Gasteiger partial charge < -0.3 is 5.32 Å². The molecule has 1 aromatic heterocycles. The van der Waals surface area contributed by atoms with Gasteiger partial charge in [-0.2, -0.15) is 0 Å². The number of hydrogen-bond donors (Lipinski definition) is 2. The summed E-state index contributed by atoms with van der Waals surface area (Å²) in [7, 11) is 0. The molecule has 0 radical (unpaired) electrons. The molecule has 5 nitrogen and oxygen atoms in total. The van der Waals surface area contributed by atoms with Gasteiger partial charge in [0.15, 0.2) is 0 Å². The molecule has 2 aliphatic carbocycles. The van der Waals surface area contributed by atoms with Crippen molar-refractivity contribution in [2.75, 3.05) is 11.9 Å². The van der Waals surface area contributed by atoms with Crippen LogP contribution in [-0.2, 0) is 0 Å². The van der Waals surface area contributed by atoms with Gasteiger partial charge in [-0.3, -0.25) is 10.1 Å². The van der Waals surface area contributed by atoms with Crippen molar-refractivity contribution >= 4 is 58.0 Å². The molecule has 2 saturated carbocycles. The number of amides is 1. The minimum atomic E-state index is -0.124. The fraction of sp³-hybridized carbons (Fsp3) is 0.381. The molecule has 8 heteroatoms. The summed E-state index contributed by atoms with van der Waals surface area (Å²) in [6, 6.07) is 12.9. The number of benzene rings is 2. The third-order valence-electron chi connectivity index (χ3n) is 5.46. The van der Waals surface area contributed by atoms with Crippen molar-refractivity contribution in [1.82, 2.24) is 15.5 Å². The van der Waals surface area contributed by atoms with Gasteiger partial charge >= 0.3 is 0 Å². The number of nitrogens with one attached hydrogen (secondary N) is 2. The summed E-state index contributed by atoms with van der Waals surface area (Å²) in [5, 5.41) is 18.3. The Morgan fingerprint density at radius 3 is 2.69 bits per heavy atom. The fourth-order valence-corrected chi connectivity index (χ4v) is 4.29. The number of nitrogens with zero attached hydrogens (tertiary/aromatic N) is 2. The molecule has 1 amide bonds.